The van der Waals surface area contributed by atoms with E-state index in [-0.39, 0.29) is 0 Å². The molecule has 0 spiro atoms. The fourth-order valence-electron chi connectivity index (χ4n) is 3.37. The van der Waals surface area contributed by atoms with Crippen LogP contribution in [0.25, 0.3) is 0 Å². The smallest absolute Gasteiger partial charge is 0.00929 e. The van der Waals surface area contributed by atoms with Crippen molar-refractivity contribution in [1.29, 1.82) is 0 Å². The van der Waals surface area contributed by atoms with Crippen LogP contribution in [0.2, 0.25) is 0 Å². The average Bonchev–Trinajstić information content (AvgIpc) is 3.04. The first-order valence-electron chi connectivity index (χ1n) is 6.54. The van der Waals surface area contributed by atoms with Crippen molar-refractivity contribution in [3.05, 3.63) is 0 Å². The highest BCUT2D eigenvalue weighted by atomic mass is 15.0. The Labute approximate surface area is 87.7 Å². The highest BCUT2D eigenvalue weighted by molar-refractivity contribution is 5.05. The predicted octanol–water partition coefficient (Wildman–Crippen LogP) is 2.95. The van der Waals surface area contributed by atoms with Gasteiger partial charge in [-0.05, 0) is 55.8 Å². The second-order valence-corrected chi connectivity index (χ2v) is 6.03. The first-order chi connectivity index (χ1) is 6.80. The van der Waals surface area contributed by atoms with Gasteiger partial charge in [0.25, 0.3) is 0 Å². The zero-order valence-electron chi connectivity index (χ0n) is 9.39. The Morgan fingerprint density at radius 3 is 2.43 bits per heavy atom. The van der Waals surface area contributed by atoms with Crippen LogP contribution < -0.4 is 5.32 Å². The zero-order chi connectivity index (χ0) is 9.60. The molecule has 3 rings (SSSR count). The molecule has 0 radical (unpaired) electrons. The van der Waals surface area contributed by atoms with E-state index in [1.54, 1.807) is 0 Å². The molecule has 14 heavy (non-hydrogen) atoms. The van der Waals surface area contributed by atoms with Crippen LogP contribution >= 0.6 is 0 Å². The van der Waals surface area contributed by atoms with Crippen molar-refractivity contribution in [1.82, 2.24) is 5.32 Å². The molecule has 1 N–H and O–H groups in total. The van der Waals surface area contributed by atoms with Gasteiger partial charge in [-0.3, -0.25) is 0 Å². The van der Waals surface area contributed by atoms with Crippen molar-refractivity contribution < 1.29 is 0 Å². The molecule has 0 aromatic carbocycles. The van der Waals surface area contributed by atoms with Crippen molar-refractivity contribution in [3.8, 4) is 0 Å². The number of rotatable bonds is 4. The fraction of sp³-hybridized carbons (Fsp3) is 1.00. The highest BCUT2D eigenvalue weighted by Crippen LogP contribution is 2.60. The third-order valence-electron chi connectivity index (χ3n) is 4.91. The lowest BCUT2D eigenvalue weighted by atomic mass is 9.99. The maximum atomic E-state index is 3.86. The van der Waals surface area contributed by atoms with E-state index in [4.69, 9.17) is 0 Å². The molecule has 0 heterocycles. The fourth-order valence-corrected chi connectivity index (χ4v) is 3.37. The molecule has 3 saturated carbocycles. The molecule has 1 nitrogen and oxygen atoms in total. The normalized spacial score (nSPS) is 40.1. The van der Waals surface area contributed by atoms with Crippen LogP contribution in [0, 0.1) is 17.3 Å². The lowest BCUT2D eigenvalue weighted by Gasteiger charge is -2.22. The molecule has 0 aromatic heterocycles. The Balaban J connectivity index is 1.49. The Morgan fingerprint density at radius 1 is 1.14 bits per heavy atom. The summed E-state index contributed by atoms with van der Waals surface area (Å²) in [4.78, 5) is 0. The first kappa shape index (κ1) is 9.21. The Kier molecular flexibility index (Phi) is 2.12. The third kappa shape index (κ3) is 1.60. The minimum atomic E-state index is 0.794. The van der Waals surface area contributed by atoms with E-state index < -0.39 is 0 Å². The summed E-state index contributed by atoms with van der Waals surface area (Å²) in [5, 5.41) is 3.86. The van der Waals surface area contributed by atoms with Crippen LogP contribution in [-0.4, -0.2) is 12.6 Å². The molecule has 3 fully saturated rings. The van der Waals surface area contributed by atoms with Gasteiger partial charge in [-0.2, -0.15) is 0 Å². The molecule has 3 aliphatic carbocycles. The van der Waals surface area contributed by atoms with E-state index in [0.29, 0.717) is 0 Å². The summed E-state index contributed by atoms with van der Waals surface area (Å²) in [5.74, 6) is 2.05. The molecular weight excluding hydrogens is 170 g/mol. The van der Waals surface area contributed by atoms with E-state index >= 15 is 0 Å². The largest absolute Gasteiger partial charge is 0.313 e. The lowest BCUT2D eigenvalue weighted by molar-refractivity contribution is 0.342. The Bertz CT molecular complexity index is 215. The van der Waals surface area contributed by atoms with Crippen LogP contribution in [-0.2, 0) is 0 Å². The van der Waals surface area contributed by atoms with Gasteiger partial charge in [-0.15, -0.1) is 0 Å². The minimum absolute atomic E-state index is 0.794. The summed E-state index contributed by atoms with van der Waals surface area (Å²) in [6.45, 7) is 3.76. The standard InChI is InChI=1S/C13H23N/c1-10-3-2-4-12(10)14-9-13(7-8-13)11-5-6-11/h10-12,14H,2-9H2,1H3. The van der Waals surface area contributed by atoms with Gasteiger partial charge in [0, 0.05) is 12.6 Å². The van der Waals surface area contributed by atoms with Crippen molar-refractivity contribution in [2.75, 3.05) is 6.54 Å². The van der Waals surface area contributed by atoms with Gasteiger partial charge < -0.3 is 5.32 Å². The summed E-state index contributed by atoms with van der Waals surface area (Å²) in [6.07, 6.45) is 10.4. The molecule has 0 aromatic rings. The van der Waals surface area contributed by atoms with Crippen LogP contribution in [0.15, 0.2) is 0 Å². The summed E-state index contributed by atoms with van der Waals surface area (Å²) in [6, 6.07) is 0.853. The van der Waals surface area contributed by atoms with Crippen molar-refractivity contribution in [2.45, 2.75) is 57.9 Å². The van der Waals surface area contributed by atoms with Gasteiger partial charge in [0.1, 0.15) is 0 Å². The van der Waals surface area contributed by atoms with Gasteiger partial charge in [0.2, 0.25) is 0 Å². The van der Waals surface area contributed by atoms with Crippen molar-refractivity contribution in [2.24, 2.45) is 17.3 Å². The van der Waals surface area contributed by atoms with Gasteiger partial charge in [-0.1, -0.05) is 13.3 Å². The number of nitrogens with one attached hydrogen (secondary N) is 1. The monoisotopic (exact) mass is 193 g/mol. The summed E-state index contributed by atoms with van der Waals surface area (Å²) in [7, 11) is 0. The molecule has 2 unspecified atom stereocenters. The topological polar surface area (TPSA) is 12.0 Å². The molecule has 0 bridgehead atoms. The summed E-state index contributed by atoms with van der Waals surface area (Å²) in [5.41, 5.74) is 0.794. The molecule has 2 atom stereocenters. The van der Waals surface area contributed by atoms with E-state index in [2.05, 4.69) is 12.2 Å². The summed E-state index contributed by atoms with van der Waals surface area (Å²) >= 11 is 0. The van der Waals surface area contributed by atoms with Crippen LogP contribution in [0.4, 0.5) is 0 Å². The first-order valence-corrected chi connectivity index (χ1v) is 6.54. The number of hydrogen-bond donors (Lipinski definition) is 1. The van der Waals surface area contributed by atoms with Crippen LogP contribution in [0.5, 0.6) is 0 Å². The lowest BCUT2D eigenvalue weighted by Crippen LogP contribution is -2.36. The Morgan fingerprint density at radius 2 is 1.93 bits per heavy atom. The van der Waals surface area contributed by atoms with Crippen molar-refractivity contribution in [3.63, 3.8) is 0 Å². The van der Waals surface area contributed by atoms with E-state index in [0.717, 1.165) is 23.3 Å². The van der Waals surface area contributed by atoms with Crippen LogP contribution in [0.1, 0.15) is 51.9 Å². The third-order valence-corrected chi connectivity index (χ3v) is 4.91. The predicted molar refractivity (Wildman–Crippen MR) is 59.2 cm³/mol. The van der Waals surface area contributed by atoms with Crippen LogP contribution in [0.3, 0.4) is 0 Å². The van der Waals surface area contributed by atoms with E-state index in [9.17, 15) is 0 Å². The maximum absolute atomic E-state index is 3.86. The Hall–Kier alpha value is -0.0400. The average molecular weight is 193 g/mol. The SMILES string of the molecule is CC1CCCC1NCC1(C2CC2)CC1. The molecular formula is C13H23N. The summed E-state index contributed by atoms with van der Waals surface area (Å²) < 4.78 is 0. The van der Waals surface area contributed by atoms with Gasteiger partial charge in [-0.25, -0.2) is 0 Å². The molecule has 1 heteroatoms. The second-order valence-electron chi connectivity index (χ2n) is 6.03. The van der Waals surface area contributed by atoms with E-state index in [1.807, 2.05) is 0 Å². The maximum Gasteiger partial charge on any atom is 0.00929 e. The quantitative estimate of drug-likeness (QED) is 0.724. The molecule has 3 aliphatic rings. The molecule has 0 saturated heterocycles. The molecule has 80 valence electrons. The second kappa shape index (κ2) is 3.23. The zero-order valence-corrected chi connectivity index (χ0v) is 9.39. The van der Waals surface area contributed by atoms with E-state index in [1.165, 1.54) is 51.5 Å². The number of hydrogen-bond acceptors (Lipinski definition) is 1. The van der Waals surface area contributed by atoms with Gasteiger partial charge >= 0.3 is 0 Å². The van der Waals surface area contributed by atoms with Crippen molar-refractivity contribution >= 4 is 0 Å². The highest BCUT2D eigenvalue weighted by Gasteiger charge is 2.53. The minimum Gasteiger partial charge on any atom is -0.313 e. The molecule has 0 aliphatic heterocycles. The van der Waals surface area contributed by atoms with Gasteiger partial charge in [0.05, 0.1) is 0 Å². The molecule has 0 amide bonds. The van der Waals surface area contributed by atoms with Gasteiger partial charge in [0.15, 0.2) is 0 Å².